The zero-order chi connectivity index (χ0) is 13.7. The van der Waals surface area contributed by atoms with E-state index in [1.54, 1.807) is 23.1 Å². The van der Waals surface area contributed by atoms with Gasteiger partial charge in [0.15, 0.2) is 11.6 Å². The molecule has 0 aliphatic carbocycles. The van der Waals surface area contributed by atoms with Gasteiger partial charge in [-0.15, -0.1) is 0 Å². The second-order valence-corrected chi connectivity index (χ2v) is 4.77. The summed E-state index contributed by atoms with van der Waals surface area (Å²) in [5.41, 5.74) is 5.83. The van der Waals surface area contributed by atoms with E-state index in [1.807, 2.05) is 0 Å². The number of halogens is 1. The van der Waals surface area contributed by atoms with Crippen LogP contribution in [-0.2, 0) is 4.79 Å². The summed E-state index contributed by atoms with van der Waals surface area (Å²) in [6.07, 6.45) is 2.16. The molecular formula is C14H19FN2O2. The summed E-state index contributed by atoms with van der Waals surface area (Å²) in [7, 11) is 0. The minimum Gasteiger partial charge on any atom is -0.490 e. The van der Waals surface area contributed by atoms with E-state index in [-0.39, 0.29) is 30.7 Å². The van der Waals surface area contributed by atoms with Gasteiger partial charge >= 0.3 is 0 Å². The maximum atomic E-state index is 13.3. The van der Waals surface area contributed by atoms with Gasteiger partial charge in [-0.3, -0.25) is 4.79 Å². The van der Waals surface area contributed by atoms with Gasteiger partial charge in [0.2, 0.25) is 5.91 Å². The first kappa shape index (κ1) is 13.8. The third-order valence-electron chi connectivity index (χ3n) is 3.22. The van der Waals surface area contributed by atoms with Crippen molar-refractivity contribution in [2.75, 3.05) is 19.7 Å². The monoisotopic (exact) mass is 266 g/mol. The number of carbonyl (C=O) groups is 1. The summed E-state index contributed by atoms with van der Waals surface area (Å²) in [5.74, 6) is -0.202. The Labute approximate surface area is 112 Å². The lowest BCUT2D eigenvalue weighted by molar-refractivity contribution is -0.132. The highest BCUT2D eigenvalue weighted by atomic mass is 19.1. The molecule has 0 unspecified atom stereocenters. The predicted octanol–water partition coefficient (Wildman–Crippen LogP) is 1.54. The fourth-order valence-electron chi connectivity index (χ4n) is 2.20. The van der Waals surface area contributed by atoms with Crippen LogP contribution in [0.15, 0.2) is 24.3 Å². The minimum absolute atomic E-state index is 0.0199. The molecule has 4 nitrogen and oxygen atoms in total. The van der Waals surface area contributed by atoms with E-state index < -0.39 is 5.82 Å². The van der Waals surface area contributed by atoms with Gasteiger partial charge in [-0.05, 0) is 25.0 Å². The van der Waals surface area contributed by atoms with Gasteiger partial charge < -0.3 is 15.4 Å². The molecule has 1 heterocycles. The molecule has 0 spiro atoms. The number of hydrogen-bond donors (Lipinski definition) is 1. The molecule has 1 aliphatic heterocycles. The van der Waals surface area contributed by atoms with Crippen molar-refractivity contribution in [1.29, 1.82) is 0 Å². The minimum atomic E-state index is -0.407. The molecule has 1 amide bonds. The molecule has 1 aromatic carbocycles. The molecular weight excluding hydrogens is 247 g/mol. The highest BCUT2D eigenvalue weighted by molar-refractivity contribution is 5.76. The Balaban J connectivity index is 1.76. The molecule has 0 bridgehead atoms. The van der Waals surface area contributed by atoms with Gasteiger partial charge in [0.1, 0.15) is 0 Å². The highest BCUT2D eigenvalue weighted by Gasteiger charge is 2.20. The maximum absolute atomic E-state index is 13.3. The van der Waals surface area contributed by atoms with Crippen molar-refractivity contribution >= 4 is 5.91 Å². The molecule has 0 saturated carbocycles. The number of ether oxygens (including phenoxy) is 1. The Morgan fingerprint density at radius 1 is 1.47 bits per heavy atom. The second kappa shape index (κ2) is 6.52. The van der Waals surface area contributed by atoms with E-state index in [4.69, 9.17) is 10.5 Å². The Kier molecular flexibility index (Phi) is 4.74. The molecule has 1 fully saturated rings. The first-order chi connectivity index (χ1) is 9.16. The smallest absolute Gasteiger partial charge is 0.226 e. The lowest BCUT2D eigenvalue weighted by atomic mass is 10.1. The average molecular weight is 266 g/mol. The maximum Gasteiger partial charge on any atom is 0.226 e. The van der Waals surface area contributed by atoms with Gasteiger partial charge in [0.25, 0.3) is 0 Å². The SMILES string of the molecule is N[C@@H]1CCCN(C(=O)CCOc2ccccc2F)C1. The van der Waals surface area contributed by atoms with Crippen molar-refractivity contribution in [1.82, 2.24) is 4.90 Å². The largest absolute Gasteiger partial charge is 0.490 e. The van der Waals surface area contributed by atoms with E-state index >= 15 is 0 Å². The third-order valence-corrected chi connectivity index (χ3v) is 3.22. The summed E-state index contributed by atoms with van der Waals surface area (Å²) < 4.78 is 18.6. The van der Waals surface area contributed by atoms with Crippen LogP contribution < -0.4 is 10.5 Å². The van der Waals surface area contributed by atoms with Crippen LogP contribution in [0, 0.1) is 5.82 Å². The second-order valence-electron chi connectivity index (χ2n) is 4.77. The number of benzene rings is 1. The van der Waals surface area contributed by atoms with Crippen molar-refractivity contribution in [2.45, 2.75) is 25.3 Å². The third kappa shape index (κ3) is 3.92. The highest BCUT2D eigenvalue weighted by Crippen LogP contribution is 2.16. The first-order valence-corrected chi connectivity index (χ1v) is 6.57. The van der Waals surface area contributed by atoms with Gasteiger partial charge in [0.05, 0.1) is 13.0 Å². The van der Waals surface area contributed by atoms with Crippen LogP contribution in [0.3, 0.4) is 0 Å². The Hall–Kier alpha value is -1.62. The van der Waals surface area contributed by atoms with Crippen LogP contribution in [0.4, 0.5) is 4.39 Å². The topological polar surface area (TPSA) is 55.6 Å². The number of carbonyl (C=O) groups excluding carboxylic acids is 1. The molecule has 2 rings (SSSR count). The van der Waals surface area contributed by atoms with Crippen LogP contribution in [0.1, 0.15) is 19.3 Å². The molecule has 0 aromatic heterocycles. The van der Waals surface area contributed by atoms with E-state index in [0.29, 0.717) is 6.54 Å². The fourth-order valence-corrected chi connectivity index (χ4v) is 2.20. The van der Waals surface area contributed by atoms with Crippen LogP contribution in [0.5, 0.6) is 5.75 Å². The van der Waals surface area contributed by atoms with Crippen molar-refractivity contribution in [3.05, 3.63) is 30.1 Å². The Morgan fingerprint density at radius 3 is 3.00 bits per heavy atom. The first-order valence-electron chi connectivity index (χ1n) is 6.57. The van der Waals surface area contributed by atoms with Crippen molar-refractivity contribution in [3.8, 4) is 5.75 Å². The Morgan fingerprint density at radius 2 is 2.26 bits per heavy atom. The molecule has 0 radical (unpaired) electrons. The molecule has 1 aromatic rings. The number of piperidine rings is 1. The fraction of sp³-hybridized carbons (Fsp3) is 0.500. The van der Waals surface area contributed by atoms with Crippen molar-refractivity contribution < 1.29 is 13.9 Å². The van der Waals surface area contributed by atoms with E-state index in [0.717, 1.165) is 19.4 Å². The number of amides is 1. The van der Waals surface area contributed by atoms with Crippen LogP contribution in [0.2, 0.25) is 0 Å². The molecule has 19 heavy (non-hydrogen) atoms. The lowest BCUT2D eigenvalue weighted by Crippen LogP contribution is -2.46. The van der Waals surface area contributed by atoms with Gasteiger partial charge in [-0.2, -0.15) is 0 Å². The van der Waals surface area contributed by atoms with E-state index in [2.05, 4.69) is 0 Å². The lowest BCUT2D eigenvalue weighted by Gasteiger charge is -2.30. The standard InChI is InChI=1S/C14H19FN2O2/c15-12-5-1-2-6-13(12)19-9-7-14(18)17-8-3-4-11(16)10-17/h1-2,5-6,11H,3-4,7-10,16H2/t11-/m1/s1. The number of nitrogens with two attached hydrogens (primary N) is 1. The van der Waals surface area contributed by atoms with Gasteiger partial charge in [0, 0.05) is 19.1 Å². The zero-order valence-electron chi connectivity index (χ0n) is 10.8. The number of nitrogens with zero attached hydrogens (tertiary/aromatic N) is 1. The summed E-state index contributed by atoms with van der Waals surface area (Å²) in [6, 6.07) is 6.26. The normalized spacial score (nSPS) is 19.3. The average Bonchev–Trinajstić information content (AvgIpc) is 2.41. The van der Waals surface area contributed by atoms with E-state index in [9.17, 15) is 9.18 Å². The van der Waals surface area contributed by atoms with E-state index in [1.165, 1.54) is 6.07 Å². The van der Waals surface area contributed by atoms with Crippen molar-refractivity contribution in [3.63, 3.8) is 0 Å². The number of hydrogen-bond acceptors (Lipinski definition) is 3. The summed E-state index contributed by atoms with van der Waals surface area (Å²) >= 11 is 0. The molecule has 1 atom stereocenters. The number of likely N-dealkylation sites (tertiary alicyclic amines) is 1. The summed E-state index contributed by atoms with van der Waals surface area (Å²) in [6.45, 7) is 1.55. The van der Waals surface area contributed by atoms with Crippen LogP contribution in [0.25, 0.3) is 0 Å². The van der Waals surface area contributed by atoms with Gasteiger partial charge in [-0.25, -0.2) is 4.39 Å². The summed E-state index contributed by atoms with van der Waals surface area (Å²) in [5, 5.41) is 0. The quantitative estimate of drug-likeness (QED) is 0.899. The molecule has 5 heteroatoms. The predicted molar refractivity (Wildman–Crippen MR) is 70.3 cm³/mol. The number of para-hydroxylation sites is 1. The van der Waals surface area contributed by atoms with Crippen LogP contribution in [-0.4, -0.2) is 36.5 Å². The Bertz CT molecular complexity index is 439. The molecule has 1 saturated heterocycles. The van der Waals surface area contributed by atoms with Gasteiger partial charge in [-0.1, -0.05) is 12.1 Å². The van der Waals surface area contributed by atoms with Crippen LogP contribution >= 0.6 is 0 Å². The summed E-state index contributed by atoms with van der Waals surface area (Å²) in [4.78, 5) is 13.7. The molecule has 1 aliphatic rings. The number of rotatable bonds is 4. The zero-order valence-corrected chi connectivity index (χ0v) is 10.8. The molecule has 104 valence electrons. The van der Waals surface area contributed by atoms with Crippen molar-refractivity contribution in [2.24, 2.45) is 5.73 Å². The molecule has 2 N–H and O–H groups in total.